The van der Waals surface area contributed by atoms with Crippen LogP contribution in [0.25, 0.3) is 0 Å². The third kappa shape index (κ3) is 24.4. The fourth-order valence-electron chi connectivity index (χ4n) is 12.2. The SMILES string of the molecule is CC[C@H]1CC(=O)[C@@H]([C@H](O)[C@H](C)CCN(C)CCS(N)(=O)=O)N(C)C(=O)[C@@H](C(C)C)N(C)C(=O)[C@@H](CC(C)C)N(C)C(=O)[C@@H](CC(C)C)N(C)C(=O)[C@H](C)NC(=O)[C@@H](C)CC(=O)[C@@H](CC(C)C)N(C)C(=O)[C@@H](C(C)C)CC(=O)[C@H](CC(C)C)N(C)C(=O)[C@@H](C)N(C)C1=O. The molecule has 13 atom stereocenters. The summed E-state index contributed by atoms with van der Waals surface area (Å²) >= 11 is 0. The van der Waals surface area contributed by atoms with Crippen LogP contribution < -0.4 is 10.5 Å². The zero-order valence-electron chi connectivity index (χ0n) is 60.8. The molecule has 0 spiro atoms. The van der Waals surface area contributed by atoms with Crippen LogP contribution in [-0.2, 0) is 62.8 Å². The first-order valence-corrected chi connectivity index (χ1v) is 35.0. The van der Waals surface area contributed by atoms with Crippen molar-refractivity contribution >= 4 is 74.6 Å². The lowest BCUT2D eigenvalue weighted by atomic mass is 9.84. The van der Waals surface area contributed by atoms with E-state index in [0.29, 0.717) is 0 Å². The lowest BCUT2D eigenvalue weighted by molar-refractivity contribution is -0.157. The van der Waals surface area contributed by atoms with Crippen molar-refractivity contribution in [3.8, 4) is 0 Å². The Morgan fingerprint density at radius 2 is 0.913 bits per heavy atom. The molecule has 0 aliphatic carbocycles. The fraction of sp³-hybridized carbons (Fsp3) is 0.836. The number of nitrogens with zero attached hydrogens (tertiary/aromatic N) is 8. The number of Topliss-reactive ketones (excluding diaryl/α,β-unsaturated/α-hetero) is 3. The molecule has 0 bridgehead atoms. The first-order valence-electron chi connectivity index (χ1n) is 33.3. The molecular formula is C67H122N10O14S. The highest BCUT2D eigenvalue weighted by Gasteiger charge is 2.46. The standard InChI is InChI=1S/C67H122N10O14S/c1-26-48-36-56(80)58(59(81)44(14)27-28-70(18)29-30-92(68,90)91)77(25)67(89)57(43(12)13)76(24)66(88)53(34-41(8)9)75(23)65(87)52(33-40(6)7)74(22)61(83)46(16)69-60(82)45(15)35-54(78)50(31-38(2)3)73(21)64(86)49(42(10)11)37-55(79)51(32-39(4)5)72(20)62(84)47(17)71(19)63(48)85/h38-53,57-59,81H,26-37H2,1-25H3,(H,69,82)(H2,68,90,91)/t44-,45+,46+,47-,48+,49-,50-,51+,52-,53-,57-,58+,59-/m1/s1. The Labute approximate surface area is 552 Å². The third-order valence-corrected chi connectivity index (χ3v) is 19.3. The molecule has 0 aromatic heterocycles. The van der Waals surface area contributed by atoms with Crippen LogP contribution in [0, 0.1) is 59.2 Å². The highest BCUT2D eigenvalue weighted by molar-refractivity contribution is 7.89. The first kappa shape index (κ1) is 84.6. The molecule has 1 aliphatic heterocycles. The molecule has 530 valence electrons. The van der Waals surface area contributed by atoms with E-state index in [0.717, 1.165) is 4.90 Å². The first-order chi connectivity index (χ1) is 42.2. The van der Waals surface area contributed by atoms with Gasteiger partial charge >= 0.3 is 0 Å². The molecule has 0 aromatic rings. The van der Waals surface area contributed by atoms with E-state index in [1.54, 1.807) is 60.4 Å². The second-order valence-corrected chi connectivity index (χ2v) is 30.8. The molecule has 1 fully saturated rings. The Bertz CT molecular complexity index is 2630. The molecule has 8 amide bonds. The number of sulfonamides is 1. The van der Waals surface area contributed by atoms with Gasteiger partial charge in [0.2, 0.25) is 57.3 Å². The summed E-state index contributed by atoms with van der Waals surface area (Å²) in [5.74, 6) is -12.1. The van der Waals surface area contributed by atoms with E-state index in [9.17, 15) is 47.1 Å². The largest absolute Gasteiger partial charge is 0.390 e. The number of carbonyl (C=O) groups is 11. The minimum absolute atomic E-state index is 0.0720. The molecule has 1 aliphatic rings. The zero-order chi connectivity index (χ0) is 71.6. The van der Waals surface area contributed by atoms with Crippen molar-refractivity contribution in [2.24, 2.45) is 64.3 Å². The van der Waals surface area contributed by atoms with Crippen LogP contribution in [0.4, 0.5) is 0 Å². The number of nitrogens with two attached hydrogens (primary N) is 1. The third-order valence-electron chi connectivity index (χ3n) is 18.5. The number of nitrogens with one attached hydrogen (secondary N) is 1. The zero-order valence-corrected chi connectivity index (χ0v) is 61.6. The van der Waals surface area contributed by atoms with Gasteiger partial charge in [0.15, 0.2) is 17.3 Å². The lowest BCUT2D eigenvalue weighted by Crippen LogP contribution is -2.62. The molecule has 24 nitrogen and oxygen atoms in total. The molecule has 25 heteroatoms. The highest BCUT2D eigenvalue weighted by Crippen LogP contribution is 2.30. The molecular weight excluding hydrogens is 1200 g/mol. The molecule has 0 unspecified atom stereocenters. The number of carbonyl (C=O) groups excluding carboxylic acids is 11. The van der Waals surface area contributed by atoms with Gasteiger partial charge < -0.3 is 49.6 Å². The van der Waals surface area contributed by atoms with Gasteiger partial charge in [-0.3, -0.25) is 52.7 Å². The van der Waals surface area contributed by atoms with Gasteiger partial charge in [0.1, 0.15) is 36.3 Å². The van der Waals surface area contributed by atoms with E-state index < -0.39 is 171 Å². The smallest absolute Gasteiger partial charge is 0.246 e. The summed E-state index contributed by atoms with van der Waals surface area (Å²) in [4.78, 5) is 173. The van der Waals surface area contributed by atoms with Gasteiger partial charge in [-0.05, 0) is 107 Å². The van der Waals surface area contributed by atoms with E-state index in [-0.39, 0.29) is 93.9 Å². The number of ketones is 3. The van der Waals surface area contributed by atoms with Crippen LogP contribution in [0.2, 0.25) is 0 Å². The van der Waals surface area contributed by atoms with Crippen molar-refractivity contribution in [2.75, 3.05) is 75.2 Å². The van der Waals surface area contributed by atoms with Gasteiger partial charge in [0.05, 0.1) is 23.9 Å². The van der Waals surface area contributed by atoms with Crippen molar-refractivity contribution < 1.29 is 66.3 Å². The molecule has 0 saturated carbocycles. The van der Waals surface area contributed by atoms with E-state index in [1.165, 1.54) is 92.6 Å². The highest BCUT2D eigenvalue weighted by atomic mass is 32.2. The van der Waals surface area contributed by atoms with E-state index in [2.05, 4.69) is 5.32 Å². The fourth-order valence-corrected chi connectivity index (χ4v) is 12.8. The Morgan fingerprint density at radius 1 is 0.500 bits per heavy atom. The molecule has 1 saturated heterocycles. The Kier molecular flexibility index (Phi) is 34.6. The second-order valence-electron chi connectivity index (χ2n) is 29.1. The number of primary sulfonamides is 1. The number of amides is 8. The maximum atomic E-state index is 15.4. The predicted molar refractivity (Wildman–Crippen MR) is 357 cm³/mol. The second kappa shape index (κ2) is 37.6. The molecule has 0 aromatic carbocycles. The number of hydrogen-bond acceptors (Lipinski definition) is 15. The van der Waals surface area contributed by atoms with Crippen molar-refractivity contribution in [3.05, 3.63) is 0 Å². The maximum absolute atomic E-state index is 15.4. The summed E-state index contributed by atoms with van der Waals surface area (Å²) in [7, 11) is 7.94. The van der Waals surface area contributed by atoms with Crippen LogP contribution in [0.3, 0.4) is 0 Å². The van der Waals surface area contributed by atoms with E-state index in [4.69, 9.17) is 5.14 Å². The van der Waals surface area contributed by atoms with Crippen molar-refractivity contribution in [2.45, 2.75) is 230 Å². The van der Waals surface area contributed by atoms with Gasteiger partial charge in [-0.25, -0.2) is 13.6 Å². The summed E-state index contributed by atoms with van der Waals surface area (Å²) in [5, 5.41) is 20.4. The van der Waals surface area contributed by atoms with Crippen LogP contribution in [0.15, 0.2) is 0 Å². The summed E-state index contributed by atoms with van der Waals surface area (Å²) < 4.78 is 23.6. The van der Waals surface area contributed by atoms with Crippen molar-refractivity contribution in [1.29, 1.82) is 0 Å². The number of aliphatic hydroxyl groups is 1. The van der Waals surface area contributed by atoms with Crippen LogP contribution in [0.5, 0.6) is 0 Å². The number of likely N-dealkylation sites (N-methyl/N-ethyl adjacent to an activating group) is 7. The Morgan fingerprint density at radius 3 is 1.35 bits per heavy atom. The molecule has 92 heavy (non-hydrogen) atoms. The molecule has 4 N–H and O–H groups in total. The van der Waals surface area contributed by atoms with Crippen LogP contribution >= 0.6 is 0 Å². The summed E-state index contributed by atoms with van der Waals surface area (Å²) in [6, 6.07) is -9.68. The molecule has 1 heterocycles. The van der Waals surface area contributed by atoms with Crippen molar-refractivity contribution in [3.63, 3.8) is 0 Å². The van der Waals surface area contributed by atoms with Crippen LogP contribution in [-0.4, -0.2) is 247 Å². The topological polar surface area (TPSA) is 306 Å². The minimum atomic E-state index is -3.80. The minimum Gasteiger partial charge on any atom is -0.390 e. The predicted octanol–water partition coefficient (Wildman–Crippen LogP) is 4.57. The molecule has 1 rings (SSSR count). The van der Waals surface area contributed by atoms with Gasteiger partial charge in [0.25, 0.3) is 0 Å². The quantitative estimate of drug-likeness (QED) is 0.160. The number of rotatable bonds is 19. The lowest BCUT2D eigenvalue weighted by Gasteiger charge is -2.42. The van der Waals surface area contributed by atoms with Gasteiger partial charge in [-0.2, -0.15) is 0 Å². The average Bonchev–Trinajstić information content (AvgIpc) is 0.835. The van der Waals surface area contributed by atoms with Gasteiger partial charge in [-0.15, -0.1) is 0 Å². The summed E-state index contributed by atoms with van der Waals surface area (Å²) in [6.07, 6.45) is -1.67. The molecule has 0 radical (unpaired) electrons. The normalized spacial score (nSPS) is 27.0. The van der Waals surface area contributed by atoms with E-state index in [1.807, 2.05) is 55.4 Å². The Hall–Kier alpha value is -5.40. The van der Waals surface area contributed by atoms with Gasteiger partial charge in [-0.1, -0.05) is 104 Å². The maximum Gasteiger partial charge on any atom is 0.246 e. The monoisotopic (exact) mass is 1320 g/mol. The summed E-state index contributed by atoms with van der Waals surface area (Å²) in [5.41, 5.74) is 0. The van der Waals surface area contributed by atoms with E-state index >= 15 is 19.2 Å². The van der Waals surface area contributed by atoms with Crippen LogP contribution in [0.1, 0.15) is 175 Å². The van der Waals surface area contributed by atoms with Crippen molar-refractivity contribution in [1.82, 2.24) is 44.5 Å². The number of aliphatic hydroxyl groups excluding tert-OH is 1. The average molecular weight is 1320 g/mol. The van der Waals surface area contributed by atoms with Gasteiger partial charge in [0, 0.05) is 92.9 Å². The summed E-state index contributed by atoms with van der Waals surface area (Å²) in [6.45, 7) is 30.3. The Balaban J connectivity index is 4.42. The number of hydrogen-bond donors (Lipinski definition) is 3.